The molecule has 0 saturated heterocycles. The summed E-state index contributed by atoms with van der Waals surface area (Å²) in [5, 5.41) is 6.54. The van der Waals surface area contributed by atoms with Gasteiger partial charge in [0.15, 0.2) is 0 Å². The van der Waals surface area contributed by atoms with Gasteiger partial charge in [-0.25, -0.2) is 0 Å². The van der Waals surface area contributed by atoms with Crippen LogP contribution in [0.4, 0.5) is 13.2 Å². The van der Waals surface area contributed by atoms with Gasteiger partial charge in [0, 0.05) is 0 Å². The van der Waals surface area contributed by atoms with E-state index >= 15 is 0 Å². The number of rotatable bonds is 1. The molecule has 0 bridgehead atoms. The fourth-order valence-corrected chi connectivity index (χ4v) is 1.31. The van der Waals surface area contributed by atoms with E-state index < -0.39 is 17.6 Å². The normalized spacial score (nSPS) is 15.4. The number of nitrogens with zero attached hydrogens (tertiary/aromatic N) is 2. The van der Waals surface area contributed by atoms with E-state index in [0.29, 0.717) is 0 Å². The molecule has 1 aromatic rings. The Bertz CT molecular complexity index is 503. The molecule has 1 aliphatic rings. The van der Waals surface area contributed by atoms with Crippen LogP contribution in [-0.4, -0.2) is 5.91 Å². The number of hydrogen-bond acceptors (Lipinski definition) is 2. The Balaban J connectivity index is 2.41. The minimum Gasteiger partial charge on any atom is -0.265 e. The number of amides is 1. The molecule has 3 nitrogen and oxygen atoms in total. The first kappa shape index (κ1) is 10.5. The summed E-state index contributed by atoms with van der Waals surface area (Å²) in [6.45, 7) is 0. The molecule has 16 heavy (non-hydrogen) atoms. The highest BCUT2D eigenvalue weighted by molar-refractivity contribution is 6.20. The molecule has 1 amide bonds. The van der Waals surface area contributed by atoms with Crippen LogP contribution in [0.2, 0.25) is 0 Å². The Morgan fingerprint density at radius 1 is 1.19 bits per heavy atom. The van der Waals surface area contributed by atoms with E-state index in [2.05, 4.69) is 10.2 Å². The minimum atomic E-state index is -4.42. The third-order valence-corrected chi connectivity index (χ3v) is 2.07. The van der Waals surface area contributed by atoms with Gasteiger partial charge in [-0.15, -0.1) is 5.11 Å². The standard InChI is InChI=1S/C10H5F3N2O/c11-10(12,13)7-3-1-2-6(4-7)8-5-14-15-9(8)16/h1-5H. The predicted molar refractivity (Wildman–Crippen MR) is 49.3 cm³/mol. The lowest BCUT2D eigenvalue weighted by Gasteiger charge is -2.07. The van der Waals surface area contributed by atoms with E-state index in [9.17, 15) is 18.0 Å². The molecular weight excluding hydrogens is 221 g/mol. The van der Waals surface area contributed by atoms with Gasteiger partial charge in [0.05, 0.1) is 17.3 Å². The van der Waals surface area contributed by atoms with E-state index in [0.717, 1.165) is 18.3 Å². The van der Waals surface area contributed by atoms with Gasteiger partial charge < -0.3 is 0 Å². The zero-order chi connectivity index (χ0) is 11.8. The van der Waals surface area contributed by atoms with Crippen LogP contribution in [0.1, 0.15) is 11.1 Å². The lowest BCUT2D eigenvalue weighted by atomic mass is 10.0. The Kier molecular flexibility index (Phi) is 2.34. The lowest BCUT2D eigenvalue weighted by molar-refractivity contribution is -0.137. The molecule has 2 rings (SSSR count). The lowest BCUT2D eigenvalue weighted by Crippen LogP contribution is -2.05. The fourth-order valence-electron chi connectivity index (χ4n) is 1.31. The summed E-state index contributed by atoms with van der Waals surface area (Å²) in [7, 11) is 0. The van der Waals surface area contributed by atoms with Crippen molar-refractivity contribution in [2.75, 3.05) is 0 Å². The number of carbonyl (C=O) groups excluding carboxylic acids is 1. The molecular formula is C10H5F3N2O. The van der Waals surface area contributed by atoms with Gasteiger partial charge in [0.2, 0.25) is 0 Å². The van der Waals surface area contributed by atoms with Gasteiger partial charge in [-0.05, 0) is 17.7 Å². The van der Waals surface area contributed by atoms with Crippen LogP contribution >= 0.6 is 0 Å². The zero-order valence-corrected chi connectivity index (χ0v) is 7.82. The second-order valence-electron chi connectivity index (χ2n) is 3.14. The smallest absolute Gasteiger partial charge is 0.265 e. The first-order valence-electron chi connectivity index (χ1n) is 4.31. The third-order valence-electron chi connectivity index (χ3n) is 2.07. The molecule has 0 radical (unpaired) electrons. The summed E-state index contributed by atoms with van der Waals surface area (Å²) in [4.78, 5) is 11.1. The van der Waals surface area contributed by atoms with Crippen molar-refractivity contribution in [1.29, 1.82) is 0 Å². The van der Waals surface area contributed by atoms with Crippen LogP contribution in [0.25, 0.3) is 5.57 Å². The highest BCUT2D eigenvalue weighted by Crippen LogP contribution is 2.31. The van der Waals surface area contributed by atoms with Gasteiger partial charge in [0.25, 0.3) is 5.91 Å². The molecule has 0 aliphatic carbocycles. The van der Waals surface area contributed by atoms with Crippen LogP contribution < -0.4 is 0 Å². The summed E-state index contributed by atoms with van der Waals surface area (Å²) in [5.41, 5.74) is -0.554. The number of benzene rings is 1. The molecule has 1 aliphatic heterocycles. The fraction of sp³-hybridized carbons (Fsp3) is 0.100. The van der Waals surface area contributed by atoms with Gasteiger partial charge in [0.1, 0.15) is 0 Å². The van der Waals surface area contributed by atoms with E-state index in [1.54, 1.807) is 0 Å². The second kappa shape index (κ2) is 3.55. The number of azo groups is 1. The van der Waals surface area contributed by atoms with Crippen LogP contribution in [0.15, 0.2) is 40.7 Å². The molecule has 1 heterocycles. The molecule has 82 valence electrons. The Morgan fingerprint density at radius 2 is 1.94 bits per heavy atom. The van der Waals surface area contributed by atoms with Gasteiger partial charge in [-0.1, -0.05) is 12.1 Å². The van der Waals surface area contributed by atoms with Crippen LogP contribution in [-0.2, 0) is 11.0 Å². The van der Waals surface area contributed by atoms with E-state index in [1.165, 1.54) is 12.1 Å². The Hall–Kier alpha value is -1.98. The predicted octanol–water partition coefficient (Wildman–Crippen LogP) is 3.04. The molecule has 1 aromatic carbocycles. The van der Waals surface area contributed by atoms with E-state index in [4.69, 9.17) is 0 Å². The van der Waals surface area contributed by atoms with Crippen molar-refractivity contribution in [3.63, 3.8) is 0 Å². The summed E-state index contributed by atoms with van der Waals surface area (Å²) in [5.74, 6) is -0.626. The number of hydrogen-bond donors (Lipinski definition) is 0. The summed E-state index contributed by atoms with van der Waals surface area (Å²) >= 11 is 0. The maximum Gasteiger partial charge on any atom is 0.416 e. The number of alkyl halides is 3. The quantitative estimate of drug-likeness (QED) is 0.725. The van der Waals surface area contributed by atoms with Crippen molar-refractivity contribution in [2.45, 2.75) is 6.18 Å². The van der Waals surface area contributed by atoms with Crippen molar-refractivity contribution in [3.8, 4) is 0 Å². The first-order chi connectivity index (χ1) is 7.48. The largest absolute Gasteiger partial charge is 0.416 e. The topological polar surface area (TPSA) is 41.8 Å². The van der Waals surface area contributed by atoms with Crippen molar-refractivity contribution in [3.05, 3.63) is 41.6 Å². The monoisotopic (exact) mass is 226 g/mol. The molecule has 0 fully saturated rings. The maximum atomic E-state index is 12.4. The molecule has 0 atom stereocenters. The zero-order valence-electron chi connectivity index (χ0n) is 7.82. The van der Waals surface area contributed by atoms with E-state index in [-0.39, 0.29) is 11.1 Å². The van der Waals surface area contributed by atoms with Crippen LogP contribution in [0, 0.1) is 0 Å². The van der Waals surface area contributed by atoms with Crippen molar-refractivity contribution in [1.82, 2.24) is 0 Å². The summed E-state index contributed by atoms with van der Waals surface area (Å²) in [6.07, 6.45) is -3.27. The van der Waals surface area contributed by atoms with Crippen molar-refractivity contribution >= 4 is 11.5 Å². The third kappa shape index (κ3) is 1.86. The average molecular weight is 226 g/mol. The number of halogens is 3. The minimum absolute atomic E-state index is 0.0751. The van der Waals surface area contributed by atoms with Crippen LogP contribution in [0.5, 0.6) is 0 Å². The van der Waals surface area contributed by atoms with Crippen LogP contribution in [0.3, 0.4) is 0 Å². The van der Waals surface area contributed by atoms with Crippen molar-refractivity contribution < 1.29 is 18.0 Å². The van der Waals surface area contributed by atoms with E-state index in [1.807, 2.05) is 0 Å². The highest BCUT2D eigenvalue weighted by Gasteiger charge is 2.31. The maximum absolute atomic E-state index is 12.4. The molecule has 6 heteroatoms. The molecule has 0 N–H and O–H groups in total. The molecule has 0 spiro atoms. The SMILES string of the molecule is O=C1N=NC=C1c1cccc(C(F)(F)F)c1. The molecule has 0 saturated carbocycles. The summed E-state index contributed by atoms with van der Waals surface area (Å²) < 4.78 is 37.2. The number of carbonyl (C=O) groups is 1. The Labute approximate surface area is 88.3 Å². The first-order valence-corrected chi connectivity index (χ1v) is 4.31. The molecule has 0 aromatic heterocycles. The van der Waals surface area contributed by atoms with Gasteiger partial charge in [-0.3, -0.25) is 4.79 Å². The molecule has 0 unspecified atom stereocenters. The van der Waals surface area contributed by atoms with Crippen molar-refractivity contribution in [2.24, 2.45) is 10.2 Å². The Morgan fingerprint density at radius 3 is 2.50 bits per heavy atom. The second-order valence-corrected chi connectivity index (χ2v) is 3.14. The summed E-state index contributed by atoms with van der Waals surface area (Å²) in [6, 6.07) is 4.50. The van der Waals surface area contributed by atoms with Gasteiger partial charge >= 0.3 is 6.18 Å². The average Bonchev–Trinajstić information content (AvgIpc) is 2.63. The van der Waals surface area contributed by atoms with Gasteiger partial charge in [-0.2, -0.15) is 18.3 Å². The highest BCUT2D eigenvalue weighted by atomic mass is 19.4.